The van der Waals surface area contributed by atoms with Crippen LogP contribution in [-0.4, -0.2) is 56.5 Å². The van der Waals surface area contributed by atoms with Gasteiger partial charge in [-0.2, -0.15) is 0 Å². The van der Waals surface area contributed by atoms with E-state index in [9.17, 15) is 19.2 Å². The van der Waals surface area contributed by atoms with E-state index < -0.39 is 12.1 Å². The lowest BCUT2D eigenvalue weighted by Crippen LogP contribution is -2.43. The third-order valence-electron chi connectivity index (χ3n) is 13.1. The summed E-state index contributed by atoms with van der Waals surface area (Å²) in [4.78, 5) is 70.8. The quantitative estimate of drug-likeness (QED) is 0.105. The van der Waals surface area contributed by atoms with Crippen LogP contribution in [0.15, 0.2) is 182 Å². The molecule has 6 aromatic carbocycles. The molecular weight excluding hydrogens is 909 g/mol. The molecule has 70 heavy (non-hydrogen) atoms. The van der Waals surface area contributed by atoms with E-state index in [1.807, 2.05) is 144 Å². The van der Waals surface area contributed by atoms with Crippen LogP contribution in [0.1, 0.15) is 82.1 Å². The van der Waals surface area contributed by atoms with Crippen LogP contribution in [0.3, 0.4) is 0 Å². The smallest absolute Gasteiger partial charge is 0.250 e. The number of nitrogens with zero attached hydrogens (tertiary/aromatic N) is 4. The van der Waals surface area contributed by atoms with E-state index in [2.05, 4.69) is 59.2 Å². The Hall–Kier alpha value is -7.54. The number of aromatic nitrogens is 2. The molecule has 0 spiro atoms. The first-order chi connectivity index (χ1) is 34.3. The normalized spacial score (nSPS) is 16.4. The fourth-order valence-corrected chi connectivity index (χ4v) is 11.7. The van der Waals surface area contributed by atoms with Crippen LogP contribution in [0.5, 0.6) is 0 Å². The molecule has 0 saturated carbocycles. The average molecular weight is 961 g/mol. The Morgan fingerprint density at radius 3 is 1.19 bits per heavy atom. The largest absolute Gasteiger partial charge is 0.340 e. The molecule has 0 radical (unpaired) electrons. The monoisotopic (exact) mass is 960 g/mol. The van der Waals surface area contributed by atoms with E-state index in [1.165, 1.54) is 0 Å². The van der Waals surface area contributed by atoms with E-state index in [1.54, 1.807) is 22.7 Å². The second-order valence-corrected chi connectivity index (χ2v) is 19.9. The van der Waals surface area contributed by atoms with Crippen LogP contribution >= 0.6 is 22.7 Å². The molecule has 2 aromatic heterocycles. The Balaban J connectivity index is 0.787. The molecule has 12 heteroatoms. The number of amides is 4. The number of thiazole rings is 2. The molecular formula is C58H52N6O4S2. The van der Waals surface area contributed by atoms with Gasteiger partial charge in [-0.3, -0.25) is 19.2 Å². The zero-order valence-corrected chi connectivity index (χ0v) is 40.2. The number of hydrogen-bond acceptors (Lipinski definition) is 8. The molecule has 4 heterocycles. The summed E-state index contributed by atoms with van der Waals surface area (Å²) in [5.74, 6) is -0.649. The van der Waals surface area contributed by atoms with E-state index in [0.29, 0.717) is 13.1 Å². The molecule has 4 amide bonds. The number of nitrogens with one attached hydrogen (secondary N) is 2. The van der Waals surface area contributed by atoms with Crippen molar-refractivity contribution in [3.05, 3.63) is 215 Å². The fourth-order valence-electron chi connectivity index (χ4n) is 9.56. The van der Waals surface area contributed by atoms with E-state index in [0.717, 1.165) is 90.0 Å². The van der Waals surface area contributed by atoms with Gasteiger partial charge in [-0.25, -0.2) is 9.97 Å². The van der Waals surface area contributed by atoms with Crippen molar-refractivity contribution >= 4 is 46.3 Å². The Morgan fingerprint density at radius 1 is 0.471 bits per heavy atom. The summed E-state index contributed by atoms with van der Waals surface area (Å²) in [7, 11) is 0. The second-order valence-electron chi connectivity index (χ2n) is 17.8. The molecule has 0 aliphatic carbocycles. The number of rotatable bonds is 15. The predicted molar refractivity (Wildman–Crippen MR) is 276 cm³/mol. The van der Waals surface area contributed by atoms with E-state index in [4.69, 9.17) is 9.97 Å². The maximum atomic E-state index is 14.3. The highest BCUT2D eigenvalue weighted by Crippen LogP contribution is 2.41. The van der Waals surface area contributed by atoms with Crippen LogP contribution in [0.4, 0.5) is 0 Å². The van der Waals surface area contributed by atoms with Crippen LogP contribution < -0.4 is 10.6 Å². The standard InChI is InChI=1S/C58H52N6O4S2/c65-51(35-39-15-5-1-6-16-39)61-53(45-19-9-3-10-20-45)57(67)63-33-13-23-47(63)55-59-37-49(69-55)43-29-25-41(26-30-43)42-27-31-44(32-28-42)50-38-60-56(70-50)48-24-14-34-64(48)58(68)54(46-21-11-4-12-22-46)62-52(66)36-40-17-7-2-8-18-40/h1-12,15-22,25-32,37-38,47-48,53-54H,13-14,23-24,33-36H2,(H,61,65)(H,62,66)/t47-,48-,53-,54+/m0/s1. The number of likely N-dealkylation sites (tertiary alicyclic amines) is 2. The van der Waals surface area contributed by atoms with Crippen LogP contribution in [0, 0.1) is 0 Å². The van der Waals surface area contributed by atoms with Gasteiger partial charge in [-0.15, -0.1) is 22.7 Å². The van der Waals surface area contributed by atoms with Crippen LogP contribution in [-0.2, 0) is 32.0 Å². The maximum Gasteiger partial charge on any atom is 0.250 e. The molecule has 10 rings (SSSR count). The van der Waals surface area contributed by atoms with Crippen molar-refractivity contribution in [3.63, 3.8) is 0 Å². The summed E-state index contributed by atoms with van der Waals surface area (Å²) in [6.45, 7) is 1.20. The van der Waals surface area contributed by atoms with Crippen molar-refractivity contribution in [1.82, 2.24) is 30.4 Å². The molecule has 2 aliphatic rings. The molecule has 2 aliphatic heterocycles. The Morgan fingerprint density at radius 2 is 0.814 bits per heavy atom. The topological polar surface area (TPSA) is 125 Å². The van der Waals surface area contributed by atoms with Gasteiger partial charge in [0, 0.05) is 25.5 Å². The number of carbonyl (C=O) groups is 4. The minimum absolute atomic E-state index is 0.124. The molecule has 2 N–H and O–H groups in total. The highest BCUT2D eigenvalue weighted by Gasteiger charge is 2.38. The molecule has 0 bridgehead atoms. The Labute approximate surface area is 416 Å². The van der Waals surface area contributed by atoms with Gasteiger partial charge in [0.15, 0.2) is 0 Å². The van der Waals surface area contributed by atoms with Gasteiger partial charge in [0.25, 0.3) is 0 Å². The van der Waals surface area contributed by atoms with Gasteiger partial charge in [0.05, 0.1) is 34.7 Å². The second kappa shape index (κ2) is 21.4. The first-order valence-corrected chi connectivity index (χ1v) is 25.5. The number of hydrogen-bond donors (Lipinski definition) is 2. The molecule has 350 valence electrons. The summed E-state index contributed by atoms with van der Waals surface area (Å²) in [6, 6.07) is 53.1. The van der Waals surface area contributed by atoms with E-state index in [-0.39, 0.29) is 48.6 Å². The first-order valence-electron chi connectivity index (χ1n) is 23.8. The van der Waals surface area contributed by atoms with E-state index >= 15 is 0 Å². The summed E-state index contributed by atoms with van der Waals surface area (Å²) < 4.78 is 0. The molecule has 10 nitrogen and oxygen atoms in total. The fraction of sp³-hybridized carbons (Fsp3) is 0.207. The van der Waals surface area contributed by atoms with Crippen LogP contribution in [0.2, 0.25) is 0 Å². The first kappa shape index (κ1) is 46.2. The lowest BCUT2D eigenvalue weighted by Gasteiger charge is -2.28. The molecule has 0 unspecified atom stereocenters. The van der Waals surface area contributed by atoms with Crippen molar-refractivity contribution in [1.29, 1.82) is 0 Å². The minimum Gasteiger partial charge on any atom is -0.340 e. The summed E-state index contributed by atoms with van der Waals surface area (Å²) in [5, 5.41) is 7.89. The van der Waals surface area contributed by atoms with Gasteiger partial charge in [0.2, 0.25) is 23.6 Å². The van der Waals surface area contributed by atoms with Crippen molar-refractivity contribution in [2.75, 3.05) is 13.1 Å². The van der Waals surface area contributed by atoms with Crippen molar-refractivity contribution in [3.8, 4) is 32.0 Å². The zero-order chi connectivity index (χ0) is 47.8. The SMILES string of the molecule is O=C(Cc1ccccc1)N[C@H](C(=O)N1CCC[C@H]1c1ncc(-c2ccc(-c3ccc(-c4cnc([C@@H]5CCCN5C(=O)[C@H](NC(=O)Cc5ccccc5)c5ccccc5)s4)cc3)cc2)s1)c1ccccc1. The highest BCUT2D eigenvalue weighted by molar-refractivity contribution is 7.15. The Kier molecular flexibility index (Phi) is 14.1. The summed E-state index contributed by atoms with van der Waals surface area (Å²) in [5.41, 5.74) is 7.57. The summed E-state index contributed by atoms with van der Waals surface area (Å²) in [6.07, 6.45) is 7.51. The molecule has 4 atom stereocenters. The molecule has 2 fully saturated rings. The third kappa shape index (κ3) is 10.5. The molecule has 2 saturated heterocycles. The highest BCUT2D eigenvalue weighted by atomic mass is 32.1. The van der Waals surface area contributed by atoms with Gasteiger partial charge >= 0.3 is 0 Å². The number of benzene rings is 6. The molecule has 8 aromatic rings. The third-order valence-corrected chi connectivity index (χ3v) is 15.4. The van der Waals surface area contributed by atoms with Gasteiger partial charge in [-0.1, -0.05) is 170 Å². The van der Waals surface area contributed by atoms with Crippen molar-refractivity contribution in [2.24, 2.45) is 0 Å². The lowest BCUT2D eigenvalue weighted by molar-refractivity contribution is -0.137. The van der Waals surface area contributed by atoms with Gasteiger partial charge in [-0.05, 0) is 70.2 Å². The van der Waals surface area contributed by atoms with Crippen molar-refractivity contribution < 1.29 is 19.2 Å². The maximum absolute atomic E-state index is 14.3. The van der Waals surface area contributed by atoms with Gasteiger partial charge < -0.3 is 20.4 Å². The van der Waals surface area contributed by atoms with Crippen LogP contribution in [0.25, 0.3) is 32.0 Å². The van der Waals surface area contributed by atoms with Gasteiger partial charge in [0.1, 0.15) is 22.1 Å². The summed E-state index contributed by atoms with van der Waals surface area (Å²) >= 11 is 3.22. The average Bonchev–Trinajstić information content (AvgIpc) is 4.27. The Bertz CT molecular complexity index is 2850. The lowest BCUT2D eigenvalue weighted by atomic mass is 10.0. The predicted octanol–water partition coefficient (Wildman–Crippen LogP) is 11.1. The minimum atomic E-state index is -0.800. The number of carbonyl (C=O) groups excluding carboxylic acids is 4. The van der Waals surface area contributed by atoms with Crippen molar-refractivity contribution in [2.45, 2.75) is 62.7 Å². The zero-order valence-electron chi connectivity index (χ0n) is 38.5.